The summed E-state index contributed by atoms with van der Waals surface area (Å²) in [5.41, 5.74) is 1.12. The highest BCUT2D eigenvalue weighted by Gasteiger charge is 2.30. The monoisotopic (exact) mass is 368 g/mol. The molecule has 2 amide bonds. The highest BCUT2D eigenvalue weighted by atomic mass is 16.2. The van der Waals surface area contributed by atoms with Gasteiger partial charge in [-0.15, -0.1) is 0 Å². The van der Waals surface area contributed by atoms with Crippen LogP contribution in [-0.4, -0.2) is 50.3 Å². The van der Waals surface area contributed by atoms with Gasteiger partial charge in [-0.3, -0.25) is 9.59 Å². The quantitative estimate of drug-likeness (QED) is 0.787. The summed E-state index contributed by atoms with van der Waals surface area (Å²) in [5.74, 6) is 1.08. The number of nitrogens with zero attached hydrogens (tertiary/aromatic N) is 4. The molecule has 0 bridgehead atoms. The van der Waals surface area contributed by atoms with Crippen LogP contribution in [0.3, 0.4) is 0 Å². The van der Waals surface area contributed by atoms with Gasteiger partial charge in [-0.1, -0.05) is 44.2 Å². The maximum atomic E-state index is 12.9. The Morgan fingerprint density at radius 1 is 1.22 bits per heavy atom. The van der Waals surface area contributed by atoms with Gasteiger partial charge in [-0.2, -0.15) is 0 Å². The van der Waals surface area contributed by atoms with Crippen molar-refractivity contribution >= 4 is 11.8 Å². The molecule has 1 aliphatic heterocycles. The van der Waals surface area contributed by atoms with Crippen LogP contribution < -0.4 is 0 Å². The maximum absolute atomic E-state index is 12.9. The second-order valence-corrected chi connectivity index (χ2v) is 6.98. The molecular weight excluding hydrogens is 340 g/mol. The molecule has 1 aromatic carbocycles. The first-order valence-corrected chi connectivity index (χ1v) is 9.73. The number of carbonyl (C=O) groups excluding carboxylic acids is 2. The van der Waals surface area contributed by atoms with E-state index in [1.54, 1.807) is 6.20 Å². The Hall–Kier alpha value is -2.63. The number of amides is 2. The maximum Gasteiger partial charge on any atom is 0.242 e. The first-order chi connectivity index (χ1) is 13.1. The Balaban J connectivity index is 1.71. The van der Waals surface area contributed by atoms with Crippen LogP contribution in [0.15, 0.2) is 42.7 Å². The zero-order valence-corrected chi connectivity index (χ0v) is 16.2. The zero-order valence-electron chi connectivity index (χ0n) is 16.2. The smallest absolute Gasteiger partial charge is 0.242 e. The van der Waals surface area contributed by atoms with Gasteiger partial charge in [-0.25, -0.2) is 4.98 Å². The van der Waals surface area contributed by atoms with Crippen molar-refractivity contribution in [1.82, 2.24) is 19.4 Å². The van der Waals surface area contributed by atoms with E-state index < -0.39 is 0 Å². The Kier molecular flexibility index (Phi) is 6.27. The van der Waals surface area contributed by atoms with Gasteiger partial charge in [-0.05, 0) is 12.0 Å². The van der Waals surface area contributed by atoms with Gasteiger partial charge in [0.2, 0.25) is 11.8 Å². The summed E-state index contributed by atoms with van der Waals surface area (Å²) in [4.78, 5) is 33.7. The minimum Gasteiger partial charge on any atom is -0.339 e. The first kappa shape index (κ1) is 19.1. The van der Waals surface area contributed by atoms with Gasteiger partial charge in [0.05, 0.1) is 0 Å². The molecule has 0 radical (unpaired) electrons. The summed E-state index contributed by atoms with van der Waals surface area (Å²) in [6.45, 7) is 6.06. The van der Waals surface area contributed by atoms with Crippen molar-refractivity contribution in [2.75, 3.05) is 13.1 Å². The van der Waals surface area contributed by atoms with Crippen molar-refractivity contribution in [3.63, 3.8) is 0 Å². The van der Waals surface area contributed by atoms with Gasteiger partial charge >= 0.3 is 0 Å². The van der Waals surface area contributed by atoms with Crippen LogP contribution in [0.4, 0.5) is 0 Å². The molecule has 6 nitrogen and oxygen atoms in total. The number of hydrogen-bond acceptors (Lipinski definition) is 3. The number of aromatic nitrogens is 2. The molecular formula is C21H28N4O2. The Morgan fingerprint density at radius 2 is 2.00 bits per heavy atom. The van der Waals surface area contributed by atoms with Crippen molar-refractivity contribution < 1.29 is 9.59 Å². The number of rotatable bonds is 6. The van der Waals surface area contributed by atoms with Crippen molar-refractivity contribution in [2.45, 2.75) is 52.2 Å². The topological polar surface area (TPSA) is 58.4 Å². The van der Waals surface area contributed by atoms with Crippen LogP contribution >= 0.6 is 0 Å². The number of carbonyl (C=O) groups is 2. The molecule has 0 spiro atoms. The van der Waals surface area contributed by atoms with Crippen molar-refractivity contribution in [1.29, 1.82) is 0 Å². The van der Waals surface area contributed by atoms with Gasteiger partial charge in [0.1, 0.15) is 12.4 Å². The molecule has 3 rings (SSSR count). The van der Waals surface area contributed by atoms with Crippen molar-refractivity contribution in [3.8, 4) is 0 Å². The standard InChI is InChI=1S/C21H28N4O2/c1-3-18-15-24(21(27)16-23-13-11-22-19(23)4-2)12-10-20(26)25(18)14-17-8-6-5-7-9-17/h5-9,11,13,18H,3-4,10,12,14-16H2,1-2H3/t18-/m0/s1. The van der Waals surface area contributed by atoms with Crippen molar-refractivity contribution in [3.05, 3.63) is 54.1 Å². The predicted octanol–water partition coefficient (Wildman–Crippen LogP) is 2.49. The Bertz CT molecular complexity index is 771. The zero-order chi connectivity index (χ0) is 19.2. The lowest BCUT2D eigenvalue weighted by molar-refractivity contribution is -0.133. The Labute approximate surface area is 160 Å². The highest BCUT2D eigenvalue weighted by molar-refractivity contribution is 5.80. The van der Waals surface area contributed by atoms with Gasteiger partial charge < -0.3 is 14.4 Å². The Morgan fingerprint density at radius 3 is 2.70 bits per heavy atom. The minimum absolute atomic E-state index is 0.0394. The largest absolute Gasteiger partial charge is 0.339 e. The summed E-state index contributed by atoms with van der Waals surface area (Å²) >= 11 is 0. The van der Waals surface area contributed by atoms with Crippen LogP contribution in [-0.2, 0) is 29.1 Å². The van der Waals surface area contributed by atoms with Crippen LogP contribution in [0.1, 0.15) is 38.1 Å². The first-order valence-electron chi connectivity index (χ1n) is 9.73. The lowest BCUT2D eigenvalue weighted by atomic mass is 10.1. The summed E-state index contributed by atoms with van der Waals surface area (Å²) in [7, 11) is 0. The molecule has 0 N–H and O–H groups in total. The van der Waals surface area contributed by atoms with Crippen molar-refractivity contribution in [2.24, 2.45) is 0 Å². The van der Waals surface area contributed by atoms with Gasteiger partial charge in [0.25, 0.3) is 0 Å². The molecule has 6 heteroatoms. The summed E-state index contributed by atoms with van der Waals surface area (Å²) in [6.07, 6.45) is 5.57. The minimum atomic E-state index is 0.0394. The molecule has 1 aromatic heterocycles. The fourth-order valence-electron chi connectivity index (χ4n) is 3.64. The lowest BCUT2D eigenvalue weighted by Crippen LogP contribution is -2.44. The van der Waals surface area contributed by atoms with Gasteiger partial charge in [0, 0.05) is 50.9 Å². The molecule has 1 fully saturated rings. The summed E-state index contributed by atoms with van der Waals surface area (Å²) in [6, 6.07) is 10.1. The van der Waals surface area contributed by atoms with E-state index in [2.05, 4.69) is 11.9 Å². The lowest BCUT2D eigenvalue weighted by Gasteiger charge is -2.31. The molecule has 144 valence electrons. The van der Waals surface area contributed by atoms with E-state index in [9.17, 15) is 9.59 Å². The summed E-state index contributed by atoms with van der Waals surface area (Å²) < 4.78 is 1.90. The van der Waals surface area contributed by atoms with Crippen LogP contribution in [0.5, 0.6) is 0 Å². The SMILES string of the molecule is CCc1nccn1CC(=O)N1CCC(=O)N(Cc2ccccc2)[C@@H](CC)C1. The van der Waals surface area contributed by atoms with Crippen LogP contribution in [0.2, 0.25) is 0 Å². The molecule has 0 aliphatic carbocycles. The van der Waals surface area contributed by atoms with E-state index in [-0.39, 0.29) is 24.4 Å². The van der Waals surface area contributed by atoms with E-state index in [1.807, 2.05) is 57.8 Å². The molecule has 2 aromatic rings. The highest BCUT2D eigenvalue weighted by Crippen LogP contribution is 2.18. The molecule has 1 saturated heterocycles. The molecule has 1 atom stereocenters. The fourth-order valence-corrected chi connectivity index (χ4v) is 3.64. The van der Waals surface area contributed by atoms with Crippen LogP contribution in [0.25, 0.3) is 0 Å². The fraction of sp³-hybridized carbons (Fsp3) is 0.476. The van der Waals surface area contributed by atoms with E-state index >= 15 is 0 Å². The third-order valence-corrected chi connectivity index (χ3v) is 5.23. The second kappa shape index (κ2) is 8.84. The molecule has 2 heterocycles. The van der Waals surface area contributed by atoms with E-state index in [0.717, 1.165) is 24.2 Å². The second-order valence-electron chi connectivity index (χ2n) is 6.98. The third kappa shape index (κ3) is 4.56. The average molecular weight is 368 g/mol. The summed E-state index contributed by atoms with van der Waals surface area (Å²) in [5, 5.41) is 0. The molecule has 0 unspecified atom stereocenters. The van der Waals surface area contributed by atoms with E-state index in [1.165, 1.54) is 0 Å². The predicted molar refractivity (Wildman–Crippen MR) is 104 cm³/mol. The van der Waals surface area contributed by atoms with E-state index in [4.69, 9.17) is 0 Å². The van der Waals surface area contributed by atoms with Crippen LogP contribution in [0, 0.1) is 0 Å². The van der Waals surface area contributed by atoms with Gasteiger partial charge in [0.15, 0.2) is 0 Å². The average Bonchev–Trinajstić information content (AvgIpc) is 3.07. The normalized spacial score (nSPS) is 17.9. The molecule has 27 heavy (non-hydrogen) atoms. The number of imidazole rings is 1. The number of aryl methyl sites for hydroxylation is 1. The van der Waals surface area contributed by atoms with E-state index in [0.29, 0.717) is 26.1 Å². The third-order valence-electron chi connectivity index (χ3n) is 5.23. The molecule has 1 aliphatic rings. The molecule has 0 saturated carbocycles. The number of benzene rings is 1. The number of hydrogen-bond donors (Lipinski definition) is 0.